The zero-order valence-electron chi connectivity index (χ0n) is 14.2. The third-order valence-electron chi connectivity index (χ3n) is 3.59. The van der Waals surface area contributed by atoms with Gasteiger partial charge in [0.15, 0.2) is 0 Å². The molecule has 0 aliphatic rings. The van der Waals surface area contributed by atoms with E-state index in [1.54, 1.807) is 19.1 Å². The zero-order chi connectivity index (χ0) is 18.2. The highest BCUT2D eigenvalue weighted by Gasteiger charge is 2.10. The van der Waals surface area contributed by atoms with Gasteiger partial charge >= 0.3 is 0 Å². The number of hydrazone groups is 1. The molecule has 0 aromatic heterocycles. The molecule has 0 atom stereocenters. The van der Waals surface area contributed by atoms with Crippen molar-refractivity contribution >= 4 is 23.2 Å². The lowest BCUT2D eigenvalue weighted by Crippen LogP contribution is -2.21. The highest BCUT2D eigenvalue weighted by molar-refractivity contribution is 6.06. The minimum atomic E-state index is -0.533. The zero-order valence-corrected chi connectivity index (χ0v) is 14.2. The number of hydrogen-bond acceptors (Lipinski definition) is 4. The SMILES string of the molecule is CCc1ccccc1NC(=O)CC(C)=NNC(=O)c1ccccc1O. The van der Waals surface area contributed by atoms with Crippen LogP contribution in [0.4, 0.5) is 5.69 Å². The van der Waals surface area contributed by atoms with E-state index in [0.717, 1.165) is 17.7 Å². The van der Waals surface area contributed by atoms with Crippen LogP contribution in [0.3, 0.4) is 0 Å². The van der Waals surface area contributed by atoms with Crippen LogP contribution >= 0.6 is 0 Å². The summed E-state index contributed by atoms with van der Waals surface area (Å²) in [5, 5.41) is 16.4. The summed E-state index contributed by atoms with van der Waals surface area (Å²) in [6.45, 7) is 3.67. The fourth-order valence-electron chi connectivity index (χ4n) is 2.29. The number of phenolic OH excluding ortho intramolecular Hbond substituents is 1. The Morgan fingerprint density at radius 2 is 1.76 bits per heavy atom. The van der Waals surface area contributed by atoms with Crippen LogP contribution in [0.25, 0.3) is 0 Å². The summed E-state index contributed by atoms with van der Waals surface area (Å²) in [6, 6.07) is 13.8. The van der Waals surface area contributed by atoms with Crippen molar-refractivity contribution in [3.05, 3.63) is 59.7 Å². The molecule has 0 saturated heterocycles. The second kappa shape index (κ2) is 8.63. The van der Waals surface area contributed by atoms with Gasteiger partial charge in [0, 0.05) is 11.4 Å². The van der Waals surface area contributed by atoms with Gasteiger partial charge in [0.25, 0.3) is 5.91 Å². The number of hydrogen-bond donors (Lipinski definition) is 3. The predicted molar refractivity (Wildman–Crippen MR) is 97.7 cm³/mol. The summed E-state index contributed by atoms with van der Waals surface area (Å²) in [5.74, 6) is -0.866. The molecular weight excluding hydrogens is 318 g/mol. The van der Waals surface area contributed by atoms with Gasteiger partial charge in [0.2, 0.25) is 5.91 Å². The molecule has 2 amide bonds. The lowest BCUT2D eigenvalue weighted by Gasteiger charge is -2.09. The fraction of sp³-hybridized carbons (Fsp3) is 0.211. The van der Waals surface area contributed by atoms with Gasteiger partial charge < -0.3 is 10.4 Å². The summed E-state index contributed by atoms with van der Waals surface area (Å²) >= 11 is 0. The van der Waals surface area contributed by atoms with Crippen molar-refractivity contribution < 1.29 is 14.7 Å². The van der Waals surface area contributed by atoms with Gasteiger partial charge in [-0.3, -0.25) is 9.59 Å². The first-order chi connectivity index (χ1) is 12.0. The Morgan fingerprint density at radius 3 is 2.48 bits per heavy atom. The van der Waals surface area contributed by atoms with Gasteiger partial charge in [0.05, 0.1) is 12.0 Å². The number of nitrogens with zero attached hydrogens (tertiary/aromatic N) is 1. The monoisotopic (exact) mass is 339 g/mol. The number of aromatic hydroxyl groups is 1. The number of para-hydroxylation sites is 2. The van der Waals surface area contributed by atoms with Crippen LogP contribution in [0.1, 0.15) is 36.2 Å². The van der Waals surface area contributed by atoms with Crippen molar-refractivity contribution in [2.24, 2.45) is 5.10 Å². The first-order valence-corrected chi connectivity index (χ1v) is 8.00. The second-order valence-electron chi connectivity index (χ2n) is 5.54. The number of carbonyl (C=O) groups excluding carboxylic acids is 2. The van der Waals surface area contributed by atoms with Gasteiger partial charge in [-0.15, -0.1) is 0 Å². The second-order valence-corrected chi connectivity index (χ2v) is 5.54. The third kappa shape index (κ3) is 5.17. The Kier molecular flexibility index (Phi) is 6.28. The van der Waals surface area contributed by atoms with E-state index in [2.05, 4.69) is 15.8 Å². The van der Waals surface area contributed by atoms with Crippen LogP contribution in [-0.4, -0.2) is 22.6 Å². The molecule has 25 heavy (non-hydrogen) atoms. The van der Waals surface area contributed by atoms with Crippen molar-refractivity contribution in [1.82, 2.24) is 5.43 Å². The summed E-state index contributed by atoms with van der Waals surface area (Å²) in [4.78, 5) is 24.1. The Labute approximate surface area is 146 Å². The summed E-state index contributed by atoms with van der Waals surface area (Å²) in [5.41, 5.74) is 4.75. The first kappa shape index (κ1) is 18.2. The Hall–Kier alpha value is -3.15. The molecular formula is C19H21N3O3. The molecule has 0 aliphatic carbocycles. The molecule has 0 bridgehead atoms. The van der Waals surface area contributed by atoms with Gasteiger partial charge in [0.1, 0.15) is 5.75 Å². The number of phenols is 1. The molecule has 2 aromatic carbocycles. The minimum absolute atomic E-state index is 0.0547. The van der Waals surface area contributed by atoms with Crippen molar-refractivity contribution in [2.75, 3.05) is 5.32 Å². The largest absolute Gasteiger partial charge is 0.507 e. The Balaban J connectivity index is 1.93. The highest BCUT2D eigenvalue weighted by Crippen LogP contribution is 2.16. The fourth-order valence-corrected chi connectivity index (χ4v) is 2.29. The lowest BCUT2D eigenvalue weighted by molar-refractivity contribution is -0.115. The van der Waals surface area contributed by atoms with Crippen LogP contribution in [0.2, 0.25) is 0 Å². The molecule has 0 aliphatic heterocycles. The molecule has 0 radical (unpaired) electrons. The van der Waals surface area contributed by atoms with Gasteiger partial charge in [-0.25, -0.2) is 5.43 Å². The average molecular weight is 339 g/mol. The Morgan fingerprint density at radius 1 is 1.08 bits per heavy atom. The van der Waals surface area contributed by atoms with E-state index in [-0.39, 0.29) is 23.6 Å². The maximum Gasteiger partial charge on any atom is 0.275 e. The number of carbonyl (C=O) groups is 2. The normalized spacial score (nSPS) is 11.0. The molecule has 0 fully saturated rings. The average Bonchev–Trinajstić information content (AvgIpc) is 2.60. The van der Waals surface area contributed by atoms with Gasteiger partial charge in [-0.1, -0.05) is 37.3 Å². The molecule has 6 heteroatoms. The molecule has 2 rings (SSSR count). The number of aryl methyl sites for hydroxylation is 1. The molecule has 0 heterocycles. The van der Waals surface area contributed by atoms with E-state index in [0.29, 0.717) is 5.71 Å². The van der Waals surface area contributed by atoms with Crippen LogP contribution in [-0.2, 0) is 11.2 Å². The lowest BCUT2D eigenvalue weighted by atomic mass is 10.1. The maximum atomic E-state index is 12.1. The van der Waals surface area contributed by atoms with E-state index in [9.17, 15) is 14.7 Å². The van der Waals surface area contributed by atoms with Crippen molar-refractivity contribution in [3.8, 4) is 5.75 Å². The van der Waals surface area contributed by atoms with Crippen LogP contribution in [0.15, 0.2) is 53.6 Å². The van der Waals surface area contributed by atoms with Gasteiger partial charge in [-0.05, 0) is 37.1 Å². The number of nitrogens with one attached hydrogen (secondary N) is 2. The summed E-state index contributed by atoms with van der Waals surface area (Å²) in [7, 11) is 0. The smallest absolute Gasteiger partial charge is 0.275 e. The van der Waals surface area contributed by atoms with Crippen LogP contribution < -0.4 is 10.7 Å². The molecule has 0 saturated carbocycles. The van der Waals surface area contributed by atoms with Gasteiger partial charge in [-0.2, -0.15) is 5.10 Å². The molecule has 0 unspecified atom stereocenters. The quantitative estimate of drug-likeness (QED) is 0.558. The van der Waals surface area contributed by atoms with Crippen LogP contribution in [0.5, 0.6) is 5.75 Å². The molecule has 0 spiro atoms. The molecule has 6 nitrogen and oxygen atoms in total. The van der Waals surface area contributed by atoms with Crippen molar-refractivity contribution in [3.63, 3.8) is 0 Å². The van der Waals surface area contributed by atoms with Crippen LogP contribution in [0, 0.1) is 0 Å². The maximum absolute atomic E-state index is 12.1. The molecule has 2 aromatic rings. The number of anilines is 1. The van der Waals surface area contributed by atoms with E-state index >= 15 is 0 Å². The molecule has 130 valence electrons. The van der Waals surface area contributed by atoms with E-state index in [1.807, 2.05) is 31.2 Å². The molecule has 3 N–H and O–H groups in total. The minimum Gasteiger partial charge on any atom is -0.507 e. The third-order valence-corrected chi connectivity index (χ3v) is 3.59. The predicted octanol–water partition coefficient (Wildman–Crippen LogP) is 3.09. The highest BCUT2D eigenvalue weighted by atomic mass is 16.3. The van der Waals surface area contributed by atoms with E-state index in [1.165, 1.54) is 12.1 Å². The number of benzene rings is 2. The summed E-state index contributed by atoms with van der Waals surface area (Å²) < 4.78 is 0. The topological polar surface area (TPSA) is 90.8 Å². The first-order valence-electron chi connectivity index (χ1n) is 8.00. The number of rotatable bonds is 6. The summed E-state index contributed by atoms with van der Waals surface area (Å²) in [6.07, 6.45) is 0.874. The van der Waals surface area contributed by atoms with Crippen molar-refractivity contribution in [1.29, 1.82) is 0 Å². The van der Waals surface area contributed by atoms with Crippen molar-refractivity contribution in [2.45, 2.75) is 26.7 Å². The number of amides is 2. The van der Waals surface area contributed by atoms with E-state index < -0.39 is 5.91 Å². The Bertz CT molecular complexity index is 800. The van der Waals surface area contributed by atoms with E-state index in [4.69, 9.17) is 0 Å². The standard InChI is InChI=1S/C19H21N3O3/c1-3-14-8-4-6-10-16(14)20-18(24)12-13(2)21-22-19(25)15-9-5-7-11-17(15)23/h4-11,23H,3,12H2,1-2H3,(H,20,24)(H,22,25).